The SMILES string of the molecule is CC1CN(C(=O)OC(C)(C)C)C(C(=O)N[C@H](Cc2ccc(F)cc2)C(=O)N2CCC(C(=O)NC(C)(C)C)(C3CCCCC3)CC2)CN1C(=O)OC(C)(C)C.CC1CNC(C(=O)N[C@H](Cc2ccc(F)cc2)C(=O)N2CCC(C(=O)NC(C)(C)C)(C3CCCCC3)CC2)CN1.C[C@@H]1CN(C(=O)OC(C)(C)C)[C@H](C(=O)O)CN1C(=O)OC(C)(C)C.Cc1cnc(C(=O)O)cn1.O=C(C(=O)C(F)(F)F)C(F)(F)F. The van der Waals surface area contributed by atoms with Gasteiger partial charge in [-0.2, -0.15) is 26.3 Å². The Hall–Kier alpha value is -10.9. The zero-order chi connectivity index (χ0) is 106. The number of hydrogen-bond acceptors (Lipinski definition) is 22. The van der Waals surface area contributed by atoms with Crippen molar-refractivity contribution in [3.8, 4) is 0 Å². The summed E-state index contributed by atoms with van der Waals surface area (Å²) in [6.07, 6.45) is 1.92. The fraction of sp³-hybridized carbons (Fsp3) is 0.694. The van der Waals surface area contributed by atoms with Gasteiger partial charge in [0.1, 0.15) is 52.2 Å². The molecule has 42 heteroatoms. The highest BCUT2D eigenvalue weighted by Crippen LogP contribution is 2.49. The van der Waals surface area contributed by atoms with Gasteiger partial charge in [0.2, 0.25) is 35.4 Å². The Kier molecular flexibility index (Phi) is 41.4. The molecule has 1 aromatic heterocycles. The van der Waals surface area contributed by atoms with E-state index in [1.54, 1.807) is 133 Å². The Morgan fingerprint density at radius 1 is 0.443 bits per heavy atom. The second kappa shape index (κ2) is 49.2. The molecule has 2 aliphatic carbocycles. The second-order valence-corrected chi connectivity index (χ2v) is 43.2. The number of halogens is 8. The summed E-state index contributed by atoms with van der Waals surface area (Å²) in [5.74, 6) is -10.5. The molecule has 6 heterocycles. The normalized spacial score (nSPS) is 21.0. The van der Waals surface area contributed by atoms with Crippen molar-refractivity contribution in [2.24, 2.45) is 22.7 Å². The zero-order valence-corrected chi connectivity index (χ0v) is 84.8. The number of carboxylic acid groups (broad SMARTS) is 2. The van der Waals surface area contributed by atoms with Gasteiger partial charge in [-0.25, -0.2) is 42.5 Å². The predicted molar refractivity (Wildman–Crippen MR) is 501 cm³/mol. The average molecular weight is 1990 g/mol. The number of hydrogen-bond donors (Lipinski definition) is 8. The summed E-state index contributed by atoms with van der Waals surface area (Å²) in [7, 11) is 0. The average Bonchev–Trinajstić information content (AvgIpc) is 0.769. The number of ether oxygens (including phenoxy) is 4. The number of benzene rings is 2. The summed E-state index contributed by atoms with van der Waals surface area (Å²) in [6.45, 7) is 42.5. The Balaban J connectivity index is 0.000000303. The molecule has 8 atom stereocenters. The van der Waals surface area contributed by atoms with Crippen LogP contribution in [0.4, 0.5) is 54.3 Å². The number of ketones is 2. The molecule has 34 nitrogen and oxygen atoms in total. The molecule has 2 aromatic carbocycles. The number of aliphatic carboxylic acids is 1. The topological polar surface area (TPSA) is 434 Å². The first-order valence-corrected chi connectivity index (χ1v) is 47.7. The number of alkyl halides is 6. The molecule has 3 aromatic rings. The van der Waals surface area contributed by atoms with Crippen molar-refractivity contribution in [2.45, 2.75) is 349 Å². The van der Waals surface area contributed by atoms with Gasteiger partial charge >= 0.3 is 60.2 Å². The van der Waals surface area contributed by atoms with Crippen LogP contribution in [0.3, 0.4) is 0 Å². The maximum atomic E-state index is 14.5. The molecular weight excluding hydrogens is 1850 g/mol. The van der Waals surface area contributed by atoms with E-state index < -0.39 is 147 Å². The minimum Gasteiger partial charge on any atom is -0.480 e. The van der Waals surface area contributed by atoms with Crippen molar-refractivity contribution in [1.29, 1.82) is 0 Å². The van der Waals surface area contributed by atoms with Gasteiger partial charge in [-0.15, -0.1) is 0 Å². The van der Waals surface area contributed by atoms with Crippen LogP contribution in [-0.2, 0) is 74.9 Å². The number of carbonyl (C=O) groups excluding carboxylic acids is 12. The van der Waals surface area contributed by atoms with Crippen molar-refractivity contribution >= 4 is 83.3 Å². The summed E-state index contributed by atoms with van der Waals surface area (Å²) < 4.78 is 116. The minimum atomic E-state index is -5.77. The van der Waals surface area contributed by atoms with Gasteiger partial charge in [-0.1, -0.05) is 62.8 Å². The van der Waals surface area contributed by atoms with E-state index in [1.165, 1.54) is 57.8 Å². The quantitative estimate of drug-likeness (QED) is 0.0353. The lowest BCUT2D eigenvalue weighted by molar-refractivity contribution is -0.193. The molecule has 140 heavy (non-hydrogen) atoms. The molecule has 7 fully saturated rings. The van der Waals surface area contributed by atoms with E-state index in [1.807, 2.05) is 53.4 Å². The molecule has 10 rings (SSSR count). The molecule has 10 amide bonds. The van der Waals surface area contributed by atoms with Crippen LogP contribution in [0.25, 0.3) is 0 Å². The van der Waals surface area contributed by atoms with E-state index in [0.717, 1.165) is 68.3 Å². The summed E-state index contributed by atoms with van der Waals surface area (Å²) in [6, 6.07) is 6.54. The third-order valence-electron chi connectivity index (χ3n) is 24.5. The van der Waals surface area contributed by atoms with Crippen molar-refractivity contribution in [1.82, 2.24) is 71.3 Å². The standard InChI is InChI=1S/C41H64FN5O7.C31H48FN5O3.C16H28N2O6.C6H6N2O2.C4F6O2/c1-27-25-47(37(52)54-40(8,9)10)32(26-46(27)36(51)53-39(5,6)7)33(48)43-31(24-28-16-18-30(42)19-17-28)34(49)45-22-20-41(21-23-45,29-14-12-11-13-15-29)35(50)44-38(2,3)4;1-21-19-34-26(20-33-21)27(38)35-25(18-22-10-12-24(32)13-11-22)28(39)37-16-14-31(15-17-37,23-8-6-5-7-9-23)29(40)36-30(2,3)4;1-10-8-18(14(22)24-16(5,6)7)11(12(19)20)9-17(10)13(21)23-15(2,3)4;1-4-2-8-5(3-7-4)6(9)10;5-3(6,7)1(11)2(12)4(8,9)10/h16-19,27,29,31-32H,11-15,20-26H2,1-10H3,(H,43,48)(H,44,50);10-13,21,23,25-26,33-34H,5-9,14-20H2,1-4H3,(H,35,38)(H,36,40);10-11H,8-9H2,1-7H3,(H,19,20);2-3H,1H3,(H,9,10);/t27?,31-,32?;21?,25-,26?;10-,11+;;/m111../s1. The Labute approximate surface area is 814 Å². The third-order valence-corrected chi connectivity index (χ3v) is 24.5. The molecule has 5 aliphatic heterocycles. The first kappa shape index (κ1) is 118. The molecule has 8 N–H and O–H groups in total. The predicted octanol–water partition coefficient (Wildman–Crippen LogP) is 13.2. The number of piperazine rings is 3. The lowest BCUT2D eigenvalue weighted by Crippen LogP contribution is -2.66. The summed E-state index contributed by atoms with van der Waals surface area (Å²) in [5.41, 5.74) is -2.76. The van der Waals surface area contributed by atoms with Crippen molar-refractivity contribution in [2.75, 3.05) is 65.4 Å². The van der Waals surface area contributed by atoms with Crippen LogP contribution in [-0.4, -0.2) is 293 Å². The van der Waals surface area contributed by atoms with Crippen LogP contribution >= 0.6 is 0 Å². The van der Waals surface area contributed by atoms with Gasteiger partial charge in [-0.05, 0) is 251 Å². The first-order valence-electron chi connectivity index (χ1n) is 47.7. The smallest absolute Gasteiger partial charge is 0.458 e. The molecule has 784 valence electrons. The molecule has 7 aliphatic rings. The number of aromatic carboxylic acids is 1. The summed E-state index contributed by atoms with van der Waals surface area (Å²) >= 11 is 0. The highest BCUT2D eigenvalue weighted by molar-refractivity contribution is 6.41. The number of carboxylic acids is 2. The highest BCUT2D eigenvalue weighted by Gasteiger charge is 2.56. The van der Waals surface area contributed by atoms with Crippen molar-refractivity contribution < 1.29 is 131 Å². The van der Waals surface area contributed by atoms with Crippen LogP contribution in [0.1, 0.15) is 263 Å². The highest BCUT2D eigenvalue weighted by atomic mass is 19.4. The van der Waals surface area contributed by atoms with Crippen LogP contribution in [0, 0.1) is 41.2 Å². The summed E-state index contributed by atoms with van der Waals surface area (Å²) in [4.78, 5) is 192. The van der Waals surface area contributed by atoms with Gasteiger partial charge in [-0.3, -0.25) is 53.1 Å². The molecule has 4 unspecified atom stereocenters. The van der Waals surface area contributed by atoms with E-state index in [0.29, 0.717) is 82.1 Å². The van der Waals surface area contributed by atoms with Crippen molar-refractivity contribution in [3.05, 3.63) is 95.1 Å². The van der Waals surface area contributed by atoms with E-state index in [-0.39, 0.29) is 104 Å². The number of likely N-dealkylation sites (tertiary alicyclic amines) is 2. The number of amides is 10. The number of aryl methyl sites for hydroxylation is 1. The number of nitrogens with one attached hydrogen (secondary N) is 6. The number of rotatable bonds is 17. The zero-order valence-electron chi connectivity index (χ0n) is 84.8. The van der Waals surface area contributed by atoms with Gasteiger partial charge < -0.3 is 80.7 Å². The van der Waals surface area contributed by atoms with Crippen LogP contribution in [0.2, 0.25) is 0 Å². The lowest BCUT2D eigenvalue weighted by atomic mass is 9.63. The molecule has 5 saturated heterocycles. The van der Waals surface area contributed by atoms with E-state index in [9.17, 15) is 107 Å². The van der Waals surface area contributed by atoms with Crippen LogP contribution in [0.15, 0.2) is 60.9 Å². The van der Waals surface area contributed by atoms with E-state index in [2.05, 4.69) is 41.9 Å². The van der Waals surface area contributed by atoms with Gasteiger partial charge in [0, 0.05) is 88.5 Å². The Morgan fingerprint density at radius 2 is 0.779 bits per heavy atom. The molecular formula is C98H146F8N14O20. The van der Waals surface area contributed by atoms with E-state index >= 15 is 0 Å². The minimum absolute atomic E-state index is 0.00514. The summed E-state index contributed by atoms with van der Waals surface area (Å²) in [5, 5.41) is 36.8. The maximum Gasteiger partial charge on any atom is 0.458 e. The molecule has 2 saturated carbocycles. The van der Waals surface area contributed by atoms with Gasteiger partial charge in [0.05, 0.1) is 53.9 Å². The number of aromatic nitrogens is 2. The lowest BCUT2D eigenvalue weighted by Gasteiger charge is -2.48. The van der Waals surface area contributed by atoms with Crippen LogP contribution < -0.4 is 31.9 Å². The monoisotopic (exact) mass is 1990 g/mol. The maximum absolute atomic E-state index is 14.5. The number of Topliss-reactive ketones (excluding diaryl/α,β-unsaturated/α-hetero) is 2. The van der Waals surface area contributed by atoms with Crippen molar-refractivity contribution in [3.63, 3.8) is 0 Å². The van der Waals surface area contributed by atoms with Gasteiger partial charge in [0.25, 0.3) is 0 Å². The number of piperidine rings is 2. The van der Waals surface area contributed by atoms with Crippen LogP contribution in [0.5, 0.6) is 0 Å². The first-order chi connectivity index (χ1) is 64.4. The van der Waals surface area contributed by atoms with Gasteiger partial charge in [0.15, 0.2) is 11.7 Å². The molecule has 0 spiro atoms. The Bertz CT molecular complexity index is 4700. The molecule has 0 bridgehead atoms. The third kappa shape index (κ3) is 36.5. The Morgan fingerprint density at radius 3 is 1.08 bits per heavy atom. The fourth-order valence-corrected chi connectivity index (χ4v) is 17.5. The number of carbonyl (C=O) groups is 14. The largest absolute Gasteiger partial charge is 0.480 e. The second-order valence-electron chi connectivity index (χ2n) is 43.2. The fourth-order valence-electron chi connectivity index (χ4n) is 17.5. The number of nitrogens with zero attached hydrogens (tertiary/aromatic N) is 8. The molecule has 0 radical (unpaired) electrons. The van der Waals surface area contributed by atoms with E-state index in [4.69, 9.17) is 24.1 Å².